The van der Waals surface area contributed by atoms with Crippen LogP contribution < -0.4 is 10.1 Å². The second kappa shape index (κ2) is 6.61. The maximum atomic E-state index is 12.3. The summed E-state index contributed by atoms with van der Waals surface area (Å²) in [7, 11) is 5.71. The van der Waals surface area contributed by atoms with Gasteiger partial charge in [0.05, 0.1) is 7.11 Å². The third-order valence-corrected chi connectivity index (χ3v) is 3.56. The predicted octanol–water partition coefficient (Wildman–Crippen LogP) is 2.25. The van der Waals surface area contributed by atoms with E-state index in [-0.39, 0.29) is 6.03 Å². The van der Waals surface area contributed by atoms with Crippen LogP contribution >= 0.6 is 0 Å². The van der Waals surface area contributed by atoms with Gasteiger partial charge in [0.1, 0.15) is 5.75 Å². The van der Waals surface area contributed by atoms with E-state index >= 15 is 0 Å². The number of amides is 2. The molecule has 1 aromatic carbocycles. The zero-order valence-corrected chi connectivity index (χ0v) is 12.4. The number of carbonyl (C=O) groups excluding carboxylic acids is 1. The van der Waals surface area contributed by atoms with Crippen LogP contribution in [0.1, 0.15) is 12.8 Å². The smallest absolute Gasteiger partial charge is 0.322 e. The second-order valence-corrected chi connectivity index (χ2v) is 5.41. The molecule has 2 amide bonds. The summed E-state index contributed by atoms with van der Waals surface area (Å²) >= 11 is 0. The molecule has 2 rings (SSSR count). The highest BCUT2D eigenvalue weighted by Gasteiger charge is 2.28. The van der Waals surface area contributed by atoms with Crippen molar-refractivity contribution in [1.82, 2.24) is 9.80 Å². The van der Waals surface area contributed by atoms with Gasteiger partial charge in [-0.1, -0.05) is 0 Å². The molecule has 110 valence electrons. The molecule has 0 aromatic heterocycles. The lowest BCUT2D eigenvalue weighted by atomic mass is 10.2. The van der Waals surface area contributed by atoms with Gasteiger partial charge in [0, 0.05) is 24.8 Å². The molecule has 0 spiro atoms. The van der Waals surface area contributed by atoms with E-state index in [1.54, 1.807) is 7.11 Å². The molecule has 0 radical (unpaired) electrons. The number of nitrogens with one attached hydrogen (secondary N) is 1. The van der Waals surface area contributed by atoms with Crippen LogP contribution in [0.15, 0.2) is 24.3 Å². The fraction of sp³-hybridized carbons (Fsp3) is 0.533. The molecule has 5 heteroatoms. The lowest BCUT2D eigenvalue weighted by Gasteiger charge is -2.27. The number of benzene rings is 1. The van der Waals surface area contributed by atoms with Crippen molar-refractivity contribution < 1.29 is 9.53 Å². The summed E-state index contributed by atoms with van der Waals surface area (Å²) in [6.07, 6.45) is 2.16. The third-order valence-electron chi connectivity index (χ3n) is 3.56. The van der Waals surface area contributed by atoms with Crippen molar-refractivity contribution in [2.75, 3.05) is 39.6 Å². The van der Waals surface area contributed by atoms with Gasteiger partial charge in [0.2, 0.25) is 0 Å². The predicted molar refractivity (Wildman–Crippen MR) is 80.3 cm³/mol. The topological polar surface area (TPSA) is 44.8 Å². The Labute approximate surface area is 120 Å². The molecule has 0 unspecified atom stereocenters. The number of urea groups is 1. The molecule has 1 aliphatic heterocycles. The fourth-order valence-electron chi connectivity index (χ4n) is 2.58. The van der Waals surface area contributed by atoms with Crippen molar-refractivity contribution >= 4 is 11.7 Å². The number of likely N-dealkylation sites (N-methyl/N-ethyl adjacent to an activating group) is 1. The number of likely N-dealkylation sites (tertiary alicyclic amines) is 1. The van der Waals surface area contributed by atoms with Gasteiger partial charge in [0.15, 0.2) is 0 Å². The van der Waals surface area contributed by atoms with Crippen LogP contribution in [0.2, 0.25) is 0 Å². The molecule has 1 atom stereocenters. The normalized spacial score (nSPS) is 18.4. The average molecular weight is 277 g/mol. The van der Waals surface area contributed by atoms with Gasteiger partial charge in [-0.3, -0.25) is 0 Å². The Bertz CT molecular complexity index is 445. The van der Waals surface area contributed by atoms with Crippen LogP contribution in [-0.2, 0) is 0 Å². The molecule has 0 bridgehead atoms. The van der Waals surface area contributed by atoms with Crippen molar-refractivity contribution in [1.29, 1.82) is 0 Å². The lowest BCUT2D eigenvalue weighted by molar-refractivity contribution is 0.193. The highest BCUT2D eigenvalue weighted by Crippen LogP contribution is 2.20. The van der Waals surface area contributed by atoms with E-state index < -0.39 is 0 Å². The maximum Gasteiger partial charge on any atom is 0.322 e. The molecule has 1 aliphatic rings. The van der Waals surface area contributed by atoms with Gasteiger partial charge in [-0.15, -0.1) is 0 Å². The minimum absolute atomic E-state index is 0.0143. The third kappa shape index (κ3) is 3.63. The van der Waals surface area contributed by atoms with Crippen molar-refractivity contribution in [2.45, 2.75) is 18.9 Å². The van der Waals surface area contributed by atoms with Crippen LogP contribution in [-0.4, -0.2) is 56.2 Å². The van der Waals surface area contributed by atoms with Crippen LogP contribution in [0.5, 0.6) is 5.75 Å². The first-order chi connectivity index (χ1) is 9.60. The molecule has 1 N–H and O–H groups in total. The summed E-state index contributed by atoms with van der Waals surface area (Å²) in [6.45, 7) is 1.75. The fourth-order valence-corrected chi connectivity index (χ4v) is 2.58. The van der Waals surface area contributed by atoms with Crippen LogP contribution in [0.25, 0.3) is 0 Å². The Morgan fingerprint density at radius 1 is 1.40 bits per heavy atom. The Morgan fingerprint density at radius 2 is 2.10 bits per heavy atom. The number of anilines is 1. The molecule has 0 saturated carbocycles. The highest BCUT2D eigenvalue weighted by atomic mass is 16.5. The molecule has 1 heterocycles. The lowest BCUT2D eigenvalue weighted by Crippen LogP contribution is -2.43. The summed E-state index contributed by atoms with van der Waals surface area (Å²) < 4.78 is 5.11. The monoisotopic (exact) mass is 277 g/mol. The number of methoxy groups -OCH3 is 1. The molecule has 5 nitrogen and oxygen atoms in total. The largest absolute Gasteiger partial charge is 0.497 e. The number of carbonyl (C=O) groups is 1. The van der Waals surface area contributed by atoms with Gasteiger partial charge in [-0.2, -0.15) is 0 Å². The number of nitrogens with zero attached hydrogens (tertiary/aromatic N) is 2. The summed E-state index contributed by atoms with van der Waals surface area (Å²) in [6, 6.07) is 7.69. The van der Waals surface area contributed by atoms with Gasteiger partial charge in [0.25, 0.3) is 0 Å². The van der Waals surface area contributed by atoms with Gasteiger partial charge < -0.3 is 19.9 Å². The molecule has 20 heavy (non-hydrogen) atoms. The number of hydrogen-bond donors (Lipinski definition) is 1. The molecular weight excluding hydrogens is 254 g/mol. The first-order valence-corrected chi connectivity index (χ1v) is 6.96. The van der Waals surface area contributed by atoms with Gasteiger partial charge in [-0.05, 0) is 51.2 Å². The summed E-state index contributed by atoms with van der Waals surface area (Å²) in [5.74, 6) is 0.787. The van der Waals surface area contributed by atoms with Crippen LogP contribution in [0.3, 0.4) is 0 Å². The second-order valence-electron chi connectivity index (χ2n) is 5.41. The van der Waals surface area contributed by atoms with Crippen molar-refractivity contribution in [2.24, 2.45) is 0 Å². The Hall–Kier alpha value is -1.75. The number of ether oxygens (including phenoxy) is 1. The van der Waals surface area contributed by atoms with E-state index in [4.69, 9.17) is 4.74 Å². The highest BCUT2D eigenvalue weighted by molar-refractivity contribution is 5.89. The Kier molecular flexibility index (Phi) is 4.84. The standard InChI is InChI=1S/C15H23N3O2/c1-17(2)11-13-5-4-10-18(13)15(19)16-12-6-8-14(20-3)9-7-12/h6-9,13H,4-5,10-11H2,1-3H3,(H,16,19)/t13-/m1/s1. The average Bonchev–Trinajstić information content (AvgIpc) is 2.87. The van der Waals surface area contributed by atoms with Crippen LogP contribution in [0.4, 0.5) is 10.5 Å². The van der Waals surface area contributed by atoms with Crippen molar-refractivity contribution in [3.05, 3.63) is 24.3 Å². The van der Waals surface area contributed by atoms with E-state index in [1.807, 2.05) is 43.3 Å². The van der Waals surface area contributed by atoms with E-state index in [1.165, 1.54) is 0 Å². The molecule has 1 saturated heterocycles. The number of hydrogen-bond acceptors (Lipinski definition) is 3. The number of rotatable bonds is 4. The zero-order chi connectivity index (χ0) is 14.5. The maximum absolute atomic E-state index is 12.3. The minimum Gasteiger partial charge on any atom is -0.497 e. The first-order valence-electron chi connectivity index (χ1n) is 6.96. The molecule has 1 aromatic rings. The SMILES string of the molecule is COc1ccc(NC(=O)N2CCC[C@@H]2CN(C)C)cc1. The summed E-state index contributed by atoms with van der Waals surface area (Å²) in [5, 5.41) is 2.95. The van der Waals surface area contributed by atoms with E-state index in [2.05, 4.69) is 10.2 Å². The summed E-state index contributed by atoms with van der Waals surface area (Å²) in [5.41, 5.74) is 0.798. The first kappa shape index (κ1) is 14.7. The van der Waals surface area contributed by atoms with Gasteiger partial charge >= 0.3 is 6.03 Å². The minimum atomic E-state index is -0.0143. The van der Waals surface area contributed by atoms with Crippen molar-refractivity contribution in [3.63, 3.8) is 0 Å². The van der Waals surface area contributed by atoms with Crippen molar-refractivity contribution in [3.8, 4) is 5.75 Å². The van der Waals surface area contributed by atoms with E-state index in [0.29, 0.717) is 6.04 Å². The van der Waals surface area contributed by atoms with Gasteiger partial charge in [-0.25, -0.2) is 4.79 Å². The molecule has 1 fully saturated rings. The quantitative estimate of drug-likeness (QED) is 0.918. The molecule has 0 aliphatic carbocycles. The van der Waals surface area contributed by atoms with Crippen LogP contribution in [0, 0.1) is 0 Å². The zero-order valence-electron chi connectivity index (χ0n) is 12.4. The van der Waals surface area contributed by atoms with E-state index in [0.717, 1.165) is 37.4 Å². The summed E-state index contributed by atoms with van der Waals surface area (Å²) in [4.78, 5) is 16.4. The molecular formula is C15H23N3O2. The van der Waals surface area contributed by atoms with E-state index in [9.17, 15) is 4.79 Å². The Balaban J connectivity index is 1.96. The Morgan fingerprint density at radius 3 is 2.70 bits per heavy atom.